The summed E-state index contributed by atoms with van der Waals surface area (Å²) in [5.41, 5.74) is 0.755. The van der Waals surface area contributed by atoms with E-state index in [0.29, 0.717) is 0 Å². The molecule has 1 amide bonds. The van der Waals surface area contributed by atoms with Gasteiger partial charge in [0, 0.05) is 28.9 Å². The normalized spacial score (nSPS) is 10.1. The average molecular weight is 204 g/mol. The van der Waals surface area contributed by atoms with Gasteiger partial charge < -0.3 is 5.32 Å². The first kappa shape index (κ1) is 9.02. The third kappa shape index (κ3) is 1.70. The van der Waals surface area contributed by atoms with Crippen molar-refractivity contribution in [1.29, 1.82) is 0 Å². The molecule has 0 aliphatic rings. The molecular formula is C10H8N2OS. The Morgan fingerprint density at radius 1 is 1.36 bits per heavy atom. The summed E-state index contributed by atoms with van der Waals surface area (Å²) < 4.78 is 0. The van der Waals surface area contributed by atoms with E-state index in [4.69, 9.17) is 0 Å². The highest BCUT2D eigenvalue weighted by Gasteiger charge is 2.01. The smallest absolute Gasteiger partial charge is 0.280 e. The molecule has 4 heteroatoms. The van der Waals surface area contributed by atoms with Crippen LogP contribution in [0.15, 0.2) is 36.7 Å². The van der Waals surface area contributed by atoms with Gasteiger partial charge in [-0.3, -0.25) is 9.78 Å². The first-order valence-corrected chi connectivity index (χ1v) is 4.55. The molecule has 0 saturated carbocycles. The van der Waals surface area contributed by atoms with E-state index in [0.717, 1.165) is 16.5 Å². The average Bonchev–Trinajstić information content (AvgIpc) is 2.18. The Balaban J connectivity index is 2.59. The van der Waals surface area contributed by atoms with Gasteiger partial charge in [-0.05, 0) is 12.1 Å². The summed E-state index contributed by atoms with van der Waals surface area (Å²) in [6.07, 6.45) is 3.44. The van der Waals surface area contributed by atoms with Gasteiger partial charge in [-0.25, -0.2) is 0 Å². The largest absolute Gasteiger partial charge is 0.317 e. The third-order valence-electron chi connectivity index (χ3n) is 1.92. The Morgan fingerprint density at radius 3 is 3.00 bits per heavy atom. The molecule has 0 bridgehead atoms. The highest BCUT2D eigenvalue weighted by molar-refractivity contribution is 7.96. The van der Waals surface area contributed by atoms with Crippen LogP contribution in [-0.4, -0.2) is 10.2 Å². The molecule has 2 rings (SSSR count). The molecule has 0 fully saturated rings. The van der Waals surface area contributed by atoms with Crippen LogP contribution in [0.25, 0.3) is 10.8 Å². The number of carbonyl (C=O) groups excluding carboxylic acids is 1. The monoisotopic (exact) mass is 204 g/mol. The molecule has 0 saturated heterocycles. The Kier molecular flexibility index (Phi) is 2.37. The Bertz CT molecular complexity index is 479. The Morgan fingerprint density at radius 2 is 2.21 bits per heavy atom. The number of benzene rings is 1. The van der Waals surface area contributed by atoms with Crippen molar-refractivity contribution < 1.29 is 4.79 Å². The molecule has 14 heavy (non-hydrogen) atoms. The fourth-order valence-corrected chi connectivity index (χ4v) is 1.47. The maximum atomic E-state index is 10.8. The van der Waals surface area contributed by atoms with Gasteiger partial charge in [-0.15, -0.1) is 0 Å². The fraction of sp³-hybridized carbons (Fsp3) is 0. The number of amides is 1. The second-order valence-electron chi connectivity index (χ2n) is 2.83. The zero-order valence-corrected chi connectivity index (χ0v) is 8.16. The number of rotatable bonds is 1. The summed E-state index contributed by atoms with van der Waals surface area (Å²) in [6.45, 7) is 0. The lowest BCUT2D eigenvalue weighted by atomic mass is 10.1. The molecule has 1 N–H and O–H groups in total. The van der Waals surface area contributed by atoms with Crippen molar-refractivity contribution in [3.63, 3.8) is 0 Å². The van der Waals surface area contributed by atoms with Crippen LogP contribution in [0.3, 0.4) is 0 Å². The van der Waals surface area contributed by atoms with Crippen LogP contribution in [0.4, 0.5) is 10.5 Å². The number of hydrogen-bond donors (Lipinski definition) is 2. The fourth-order valence-electron chi connectivity index (χ4n) is 1.35. The molecule has 3 nitrogen and oxygen atoms in total. The van der Waals surface area contributed by atoms with Gasteiger partial charge in [0.05, 0.1) is 0 Å². The topological polar surface area (TPSA) is 42.0 Å². The molecule has 1 aromatic carbocycles. The maximum absolute atomic E-state index is 10.8. The van der Waals surface area contributed by atoms with E-state index in [1.807, 2.05) is 24.3 Å². The van der Waals surface area contributed by atoms with Crippen molar-refractivity contribution in [2.75, 3.05) is 5.32 Å². The van der Waals surface area contributed by atoms with E-state index in [2.05, 4.69) is 22.9 Å². The Labute approximate surface area is 86.6 Å². The SMILES string of the molecule is O=C(S)Nc1cccc2cnccc12. The molecule has 0 spiro atoms. The van der Waals surface area contributed by atoms with Gasteiger partial charge in [0.2, 0.25) is 0 Å². The van der Waals surface area contributed by atoms with Crippen LogP contribution in [-0.2, 0) is 0 Å². The van der Waals surface area contributed by atoms with Crippen LogP contribution in [0.2, 0.25) is 0 Å². The standard InChI is InChI=1S/C10H8N2OS/c13-10(14)12-9-3-1-2-7-6-11-5-4-8(7)9/h1-6H,(H2,12,13,14). The van der Waals surface area contributed by atoms with Crippen molar-refractivity contribution >= 4 is 34.3 Å². The summed E-state index contributed by atoms with van der Waals surface area (Å²) in [6, 6.07) is 7.49. The van der Waals surface area contributed by atoms with E-state index in [9.17, 15) is 4.79 Å². The minimum atomic E-state index is -0.366. The molecule has 1 heterocycles. The third-order valence-corrected chi connectivity index (χ3v) is 2.03. The maximum Gasteiger partial charge on any atom is 0.280 e. The number of pyridine rings is 1. The van der Waals surface area contributed by atoms with Crippen molar-refractivity contribution in [1.82, 2.24) is 4.98 Å². The molecule has 0 unspecified atom stereocenters. The lowest BCUT2D eigenvalue weighted by Gasteiger charge is -2.05. The van der Waals surface area contributed by atoms with Crippen LogP contribution in [0.5, 0.6) is 0 Å². The number of hydrogen-bond acceptors (Lipinski definition) is 2. The first-order valence-electron chi connectivity index (χ1n) is 4.10. The van der Waals surface area contributed by atoms with Gasteiger partial charge in [0.15, 0.2) is 0 Å². The van der Waals surface area contributed by atoms with Gasteiger partial charge in [0.1, 0.15) is 0 Å². The van der Waals surface area contributed by atoms with Crippen molar-refractivity contribution in [2.45, 2.75) is 0 Å². The highest BCUT2D eigenvalue weighted by Crippen LogP contribution is 2.22. The predicted octanol–water partition coefficient (Wildman–Crippen LogP) is 2.70. The minimum absolute atomic E-state index is 0.366. The number of nitrogens with one attached hydrogen (secondary N) is 1. The van der Waals surface area contributed by atoms with Gasteiger partial charge in [-0.1, -0.05) is 24.8 Å². The van der Waals surface area contributed by atoms with Crippen LogP contribution in [0, 0.1) is 0 Å². The zero-order valence-electron chi connectivity index (χ0n) is 7.27. The van der Waals surface area contributed by atoms with Crippen molar-refractivity contribution in [3.8, 4) is 0 Å². The summed E-state index contributed by atoms with van der Waals surface area (Å²) in [5, 5.41) is 4.23. The summed E-state index contributed by atoms with van der Waals surface area (Å²) in [4.78, 5) is 14.8. The van der Waals surface area contributed by atoms with E-state index < -0.39 is 0 Å². The molecule has 0 radical (unpaired) electrons. The summed E-state index contributed by atoms with van der Waals surface area (Å²) in [7, 11) is 0. The summed E-state index contributed by atoms with van der Waals surface area (Å²) in [5.74, 6) is 0. The van der Waals surface area contributed by atoms with Crippen LogP contribution >= 0.6 is 12.6 Å². The number of thiol groups is 1. The molecule has 1 aromatic heterocycles. The minimum Gasteiger partial charge on any atom is -0.317 e. The summed E-state index contributed by atoms with van der Waals surface area (Å²) >= 11 is 3.67. The predicted molar refractivity (Wildman–Crippen MR) is 59.7 cm³/mol. The Hall–Kier alpha value is -1.55. The second-order valence-corrected chi connectivity index (χ2v) is 3.24. The van der Waals surface area contributed by atoms with E-state index in [-0.39, 0.29) is 5.24 Å². The van der Waals surface area contributed by atoms with E-state index in [1.54, 1.807) is 12.4 Å². The molecule has 70 valence electrons. The zero-order chi connectivity index (χ0) is 9.97. The van der Waals surface area contributed by atoms with Gasteiger partial charge in [0.25, 0.3) is 5.24 Å². The van der Waals surface area contributed by atoms with Crippen LogP contribution in [0.1, 0.15) is 0 Å². The molecular weight excluding hydrogens is 196 g/mol. The molecule has 0 atom stereocenters. The lowest BCUT2D eigenvalue weighted by Crippen LogP contribution is -2.01. The first-order chi connectivity index (χ1) is 6.77. The lowest BCUT2D eigenvalue weighted by molar-refractivity contribution is 0.270. The second kappa shape index (κ2) is 3.67. The van der Waals surface area contributed by atoms with Gasteiger partial charge in [-0.2, -0.15) is 0 Å². The molecule has 0 aliphatic carbocycles. The number of anilines is 1. The highest BCUT2D eigenvalue weighted by atomic mass is 32.1. The van der Waals surface area contributed by atoms with Crippen molar-refractivity contribution in [2.24, 2.45) is 0 Å². The number of carbonyl (C=O) groups is 1. The van der Waals surface area contributed by atoms with E-state index in [1.165, 1.54) is 0 Å². The van der Waals surface area contributed by atoms with Crippen molar-refractivity contribution in [3.05, 3.63) is 36.7 Å². The van der Waals surface area contributed by atoms with Crippen LogP contribution < -0.4 is 5.32 Å². The van der Waals surface area contributed by atoms with E-state index >= 15 is 0 Å². The quantitative estimate of drug-likeness (QED) is 0.701. The number of aromatic nitrogens is 1. The molecule has 2 aromatic rings. The number of nitrogens with zero attached hydrogens (tertiary/aromatic N) is 1. The van der Waals surface area contributed by atoms with Gasteiger partial charge >= 0.3 is 0 Å². The molecule has 0 aliphatic heterocycles. The number of fused-ring (bicyclic) bond motifs is 1.